The Labute approximate surface area is 117 Å². The van der Waals surface area contributed by atoms with Crippen LogP contribution in [0.3, 0.4) is 0 Å². The highest BCUT2D eigenvalue weighted by Crippen LogP contribution is 2.17. The van der Waals surface area contributed by atoms with E-state index in [2.05, 4.69) is 9.55 Å². The summed E-state index contributed by atoms with van der Waals surface area (Å²) < 4.78 is 2.05. The van der Waals surface area contributed by atoms with Crippen molar-refractivity contribution in [3.63, 3.8) is 0 Å². The maximum Gasteiger partial charge on any atom is 0.222 e. The Morgan fingerprint density at radius 2 is 2.10 bits per heavy atom. The summed E-state index contributed by atoms with van der Waals surface area (Å²) in [7, 11) is 0. The first-order valence-corrected chi connectivity index (χ1v) is 7.12. The number of benzene rings is 1. The number of aliphatic hydroxyl groups is 1. The average molecular weight is 273 g/mol. The largest absolute Gasteiger partial charge is 0.388 e. The molecule has 1 aliphatic heterocycles. The maximum absolute atomic E-state index is 11.6. The van der Waals surface area contributed by atoms with E-state index in [0.717, 1.165) is 43.5 Å². The number of carbonyl (C=O) groups is 1. The Kier molecular flexibility index (Phi) is 3.69. The Balaban J connectivity index is 1.71. The molecule has 2 heterocycles. The number of carbonyl (C=O) groups excluding carboxylic acids is 1. The summed E-state index contributed by atoms with van der Waals surface area (Å²) in [5.41, 5.74) is 1.96. The maximum atomic E-state index is 11.6. The van der Waals surface area contributed by atoms with Crippen molar-refractivity contribution in [2.75, 3.05) is 13.1 Å². The number of amides is 1. The molecular weight excluding hydrogens is 254 g/mol. The molecule has 1 aliphatic rings. The second-order valence-electron chi connectivity index (χ2n) is 5.16. The van der Waals surface area contributed by atoms with Crippen LogP contribution in [0.4, 0.5) is 0 Å². The summed E-state index contributed by atoms with van der Waals surface area (Å²) in [4.78, 5) is 17.9. The van der Waals surface area contributed by atoms with Crippen molar-refractivity contribution in [2.24, 2.45) is 0 Å². The second-order valence-corrected chi connectivity index (χ2v) is 5.16. The third-order valence-electron chi connectivity index (χ3n) is 3.86. The molecular formula is C15H19N3O2. The molecule has 1 aromatic carbocycles. The summed E-state index contributed by atoms with van der Waals surface area (Å²) >= 11 is 0. The van der Waals surface area contributed by atoms with Crippen molar-refractivity contribution in [3.05, 3.63) is 30.1 Å². The van der Waals surface area contributed by atoms with Crippen LogP contribution < -0.4 is 0 Å². The summed E-state index contributed by atoms with van der Waals surface area (Å²) in [5, 5.41) is 9.42. The molecule has 0 aliphatic carbocycles. The molecule has 0 bridgehead atoms. The van der Waals surface area contributed by atoms with Crippen molar-refractivity contribution in [1.29, 1.82) is 0 Å². The molecule has 0 atom stereocenters. The SMILES string of the molecule is O=C1CCCN1CCCn1c(CO)nc2ccccc21. The topological polar surface area (TPSA) is 58.4 Å². The first-order valence-electron chi connectivity index (χ1n) is 7.12. The molecule has 1 saturated heterocycles. The van der Waals surface area contributed by atoms with E-state index in [1.54, 1.807) is 0 Å². The van der Waals surface area contributed by atoms with E-state index in [4.69, 9.17) is 0 Å². The average Bonchev–Trinajstić information content (AvgIpc) is 3.03. The second kappa shape index (κ2) is 5.63. The quantitative estimate of drug-likeness (QED) is 0.899. The van der Waals surface area contributed by atoms with Crippen LogP contribution in [0, 0.1) is 0 Å². The number of likely N-dealkylation sites (tertiary alicyclic amines) is 1. The molecule has 5 heteroatoms. The highest BCUT2D eigenvalue weighted by atomic mass is 16.3. The Morgan fingerprint density at radius 3 is 2.85 bits per heavy atom. The van der Waals surface area contributed by atoms with E-state index in [-0.39, 0.29) is 12.5 Å². The lowest BCUT2D eigenvalue weighted by atomic mass is 10.3. The van der Waals surface area contributed by atoms with Crippen LogP contribution in [0.1, 0.15) is 25.1 Å². The first kappa shape index (κ1) is 13.1. The van der Waals surface area contributed by atoms with Crippen LogP contribution in [0.5, 0.6) is 0 Å². The number of nitrogens with zero attached hydrogens (tertiary/aromatic N) is 3. The van der Waals surface area contributed by atoms with Crippen LogP contribution in [0.15, 0.2) is 24.3 Å². The fourth-order valence-corrected chi connectivity index (χ4v) is 2.86. The van der Waals surface area contributed by atoms with E-state index in [0.29, 0.717) is 12.2 Å². The number of aliphatic hydroxyl groups excluding tert-OH is 1. The fraction of sp³-hybridized carbons (Fsp3) is 0.467. The van der Waals surface area contributed by atoms with Crippen LogP contribution in [0.25, 0.3) is 11.0 Å². The zero-order valence-corrected chi connectivity index (χ0v) is 11.5. The summed E-state index contributed by atoms with van der Waals surface area (Å²) in [6.45, 7) is 2.39. The van der Waals surface area contributed by atoms with Crippen LogP contribution in [-0.2, 0) is 17.9 Å². The van der Waals surface area contributed by atoms with Gasteiger partial charge in [0.2, 0.25) is 5.91 Å². The molecule has 2 aromatic rings. The van der Waals surface area contributed by atoms with Gasteiger partial charge in [0.15, 0.2) is 0 Å². The summed E-state index contributed by atoms with van der Waals surface area (Å²) in [6.07, 6.45) is 2.56. The molecule has 1 N–H and O–H groups in total. The van der Waals surface area contributed by atoms with Gasteiger partial charge in [0, 0.05) is 26.1 Å². The van der Waals surface area contributed by atoms with Crippen molar-refractivity contribution < 1.29 is 9.90 Å². The molecule has 5 nitrogen and oxygen atoms in total. The molecule has 0 spiro atoms. The van der Waals surface area contributed by atoms with E-state index < -0.39 is 0 Å². The number of aryl methyl sites for hydroxylation is 1. The van der Waals surface area contributed by atoms with Gasteiger partial charge in [-0.2, -0.15) is 0 Å². The van der Waals surface area contributed by atoms with Gasteiger partial charge in [-0.1, -0.05) is 12.1 Å². The molecule has 0 radical (unpaired) electrons. The number of fused-ring (bicyclic) bond motifs is 1. The molecule has 1 amide bonds. The molecule has 0 unspecified atom stereocenters. The lowest BCUT2D eigenvalue weighted by Crippen LogP contribution is -2.26. The lowest BCUT2D eigenvalue weighted by molar-refractivity contribution is -0.127. The molecule has 1 fully saturated rings. The zero-order chi connectivity index (χ0) is 13.9. The summed E-state index contributed by atoms with van der Waals surface area (Å²) in [6, 6.07) is 7.90. The number of hydrogen-bond donors (Lipinski definition) is 1. The Morgan fingerprint density at radius 1 is 1.25 bits per heavy atom. The van der Waals surface area contributed by atoms with Gasteiger partial charge in [-0.05, 0) is 25.0 Å². The normalized spacial score (nSPS) is 15.4. The predicted molar refractivity (Wildman–Crippen MR) is 76.1 cm³/mol. The van der Waals surface area contributed by atoms with Crippen molar-refractivity contribution in [3.8, 4) is 0 Å². The number of hydrogen-bond acceptors (Lipinski definition) is 3. The van der Waals surface area contributed by atoms with Crippen LogP contribution >= 0.6 is 0 Å². The number of para-hydroxylation sites is 2. The molecule has 0 saturated carbocycles. The first-order chi connectivity index (χ1) is 9.79. The van der Waals surface area contributed by atoms with Gasteiger partial charge in [-0.3, -0.25) is 4.79 Å². The van der Waals surface area contributed by atoms with E-state index in [9.17, 15) is 9.90 Å². The zero-order valence-electron chi connectivity index (χ0n) is 11.5. The van der Waals surface area contributed by atoms with E-state index in [1.165, 1.54) is 0 Å². The minimum atomic E-state index is -0.0582. The number of aromatic nitrogens is 2. The Hall–Kier alpha value is -1.88. The van der Waals surface area contributed by atoms with E-state index in [1.807, 2.05) is 29.2 Å². The van der Waals surface area contributed by atoms with Gasteiger partial charge in [0.05, 0.1) is 11.0 Å². The third kappa shape index (κ3) is 2.41. The smallest absolute Gasteiger partial charge is 0.222 e. The Bertz CT molecular complexity index is 621. The molecule has 106 valence electrons. The lowest BCUT2D eigenvalue weighted by Gasteiger charge is -2.16. The standard InChI is InChI=1S/C15H19N3O2/c19-11-14-16-12-5-1-2-6-13(12)18(14)10-4-9-17-8-3-7-15(17)20/h1-2,5-6,19H,3-4,7-11H2. The van der Waals surface area contributed by atoms with Crippen molar-refractivity contribution in [1.82, 2.24) is 14.5 Å². The van der Waals surface area contributed by atoms with Gasteiger partial charge in [-0.25, -0.2) is 4.98 Å². The highest BCUT2D eigenvalue weighted by Gasteiger charge is 2.19. The molecule has 3 rings (SSSR count). The van der Waals surface area contributed by atoms with Gasteiger partial charge in [-0.15, -0.1) is 0 Å². The van der Waals surface area contributed by atoms with Crippen LogP contribution in [0.2, 0.25) is 0 Å². The van der Waals surface area contributed by atoms with Gasteiger partial charge in [0.1, 0.15) is 12.4 Å². The highest BCUT2D eigenvalue weighted by molar-refractivity contribution is 5.78. The van der Waals surface area contributed by atoms with Crippen molar-refractivity contribution >= 4 is 16.9 Å². The fourth-order valence-electron chi connectivity index (χ4n) is 2.86. The van der Waals surface area contributed by atoms with Gasteiger partial charge in [0.25, 0.3) is 0 Å². The van der Waals surface area contributed by atoms with Crippen LogP contribution in [-0.4, -0.2) is 38.6 Å². The monoisotopic (exact) mass is 273 g/mol. The minimum Gasteiger partial charge on any atom is -0.388 e. The minimum absolute atomic E-state index is 0.0582. The van der Waals surface area contributed by atoms with Crippen molar-refractivity contribution in [2.45, 2.75) is 32.4 Å². The predicted octanol–water partition coefficient (Wildman–Crippen LogP) is 1.54. The number of rotatable bonds is 5. The number of imidazole rings is 1. The van der Waals surface area contributed by atoms with Gasteiger partial charge >= 0.3 is 0 Å². The molecule has 1 aromatic heterocycles. The van der Waals surface area contributed by atoms with E-state index >= 15 is 0 Å². The van der Waals surface area contributed by atoms with Gasteiger partial charge < -0.3 is 14.6 Å². The summed E-state index contributed by atoms with van der Waals surface area (Å²) in [5.74, 6) is 0.960. The third-order valence-corrected chi connectivity index (χ3v) is 3.86. The molecule has 20 heavy (non-hydrogen) atoms.